The van der Waals surface area contributed by atoms with Gasteiger partial charge in [-0.1, -0.05) is 18.2 Å². The van der Waals surface area contributed by atoms with Crippen LogP contribution in [0.4, 0.5) is 22.7 Å². The molecule has 3 aromatic carbocycles. The number of anilines is 2. The first-order valence-corrected chi connectivity index (χ1v) is 8.49. The molecule has 0 atom stereocenters. The molecule has 132 valence electrons. The summed E-state index contributed by atoms with van der Waals surface area (Å²) in [6.07, 6.45) is 0. The van der Waals surface area contributed by atoms with Crippen molar-refractivity contribution >= 4 is 39.4 Å². The van der Waals surface area contributed by atoms with Crippen LogP contribution < -0.4 is 10.6 Å². The van der Waals surface area contributed by atoms with Crippen LogP contribution >= 0.6 is 0 Å². The second kappa shape index (κ2) is 7.35. The van der Waals surface area contributed by atoms with Crippen molar-refractivity contribution < 1.29 is 4.79 Å². The van der Waals surface area contributed by atoms with Gasteiger partial charge in [0.25, 0.3) is 0 Å². The molecule has 0 saturated carbocycles. The lowest BCUT2D eigenvalue weighted by Gasteiger charge is -2.09. The molecule has 26 heavy (non-hydrogen) atoms. The fourth-order valence-corrected chi connectivity index (χ4v) is 2.94. The number of nitrogens with one attached hydrogen (secondary N) is 2. The van der Waals surface area contributed by atoms with Gasteiger partial charge in [0, 0.05) is 19.7 Å². The molecule has 0 saturated heterocycles. The molecule has 2 N–H and O–H groups in total. The molecule has 0 aliphatic rings. The van der Waals surface area contributed by atoms with E-state index in [9.17, 15) is 4.79 Å². The van der Waals surface area contributed by atoms with Gasteiger partial charge in [0.2, 0.25) is 5.91 Å². The molecule has 5 heteroatoms. The quantitative estimate of drug-likeness (QED) is 0.580. The summed E-state index contributed by atoms with van der Waals surface area (Å²) in [5.41, 5.74) is 5.29. The Bertz CT molecular complexity index is 1010. The van der Waals surface area contributed by atoms with Gasteiger partial charge >= 0.3 is 0 Å². The van der Waals surface area contributed by atoms with Crippen LogP contribution in [0.5, 0.6) is 0 Å². The molecule has 1 amide bonds. The number of hydrogen-bond acceptors (Lipinski definition) is 4. The largest absolute Gasteiger partial charge is 0.388 e. The molecule has 0 spiro atoms. The summed E-state index contributed by atoms with van der Waals surface area (Å²) in [7, 11) is 1.83. The third kappa shape index (κ3) is 3.72. The first kappa shape index (κ1) is 17.6. The van der Waals surface area contributed by atoms with E-state index in [1.165, 1.54) is 23.3 Å². The molecule has 0 radical (unpaired) electrons. The molecular weight excluding hydrogens is 324 g/mol. The number of rotatable bonds is 4. The summed E-state index contributed by atoms with van der Waals surface area (Å²) in [5, 5.41) is 17.0. The van der Waals surface area contributed by atoms with E-state index in [4.69, 9.17) is 0 Å². The van der Waals surface area contributed by atoms with E-state index < -0.39 is 0 Å². The molecule has 0 aliphatic carbocycles. The van der Waals surface area contributed by atoms with E-state index >= 15 is 0 Å². The zero-order chi connectivity index (χ0) is 18.7. The van der Waals surface area contributed by atoms with Gasteiger partial charge in [0.1, 0.15) is 5.69 Å². The van der Waals surface area contributed by atoms with Gasteiger partial charge in [-0.25, -0.2) is 0 Å². The smallest absolute Gasteiger partial charge is 0.221 e. The Morgan fingerprint density at radius 2 is 1.73 bits per heavy atom. The van der Waals surface area contributed by atoms with Crippen LogP contribution in [0.25, 0.3) is 10.8 Å². The Kier molecular flexibility index (Phi) is 4.98. The maximum atomic E-state index is 11.5. The molecule has 0 aliphatic heterocycles. The van der Waals surface area contributed by atoms with Crippen LogP contribution in [0, 0.1) is 13.8 Å². The second-order valence-corrected chi connectivity index (χ2v) is 6.30. The number of carbonyl (C=O) groups excluding carboxylic acids is 1. The highest BCUT2D eigenvalue weighted by Gasteiger charge is 2.06. The number of benzene rings is 3. The van der Waals surface area contributed by atoms with E-state index in [1.54, 1.807) is 0 Å². The van der Waals surface area contributed by atoms with E-state index in [1.807, 2.05) is 37.4 Å². The van der Waals surface area contributed by atoms with Gasteiger partial charge in [-0.3, -0.25) is 4.79 Å². The van der Waals surface area contributed by atoms with Gasteiger partial charge in [-0.2, -0.15) is 5.11 Å². The van der Waals surface area contributed by atoms with E-state index in [2.05, 4.69) is 52.9 Å². The van der Waals surface area contributed by atoms with Crippen LogP contribution in [0.2, 0.25) is 0 Å². The third-order valence-corrected chi connectivity index (χ3v) is 4.27. The van der Waals surface area contributed by atoms with Crippen molar-refractivity contribution in [3.05, 3.63) is 59.7 Å². The topological polar surface area (TPSA) is 65.8 Å². The van der Waals surface area contributed by atoms with Crippen LogP contribution in [-0.4, -0.2) is 13.0 Å². The number of fused-ring (bicyclic) bond motifs is 1. The zero-order valence-corrected chi connectivity index (χ0v) is 15.4. The van der Waals surface area contributed by atoms with Crippen LogP contribution in [0.3, 0.4) is 0 Å². The highest BCUT2D eigenvalue weighted by Crippen LogP contribution is 2.32. The lowest BCUT2D eigenvalue weighted by Crippen LogP contribution is -2.06. The van der Waals surface area contributed by atoms with Crippen molar-refractivity contribution in [2.24, 2.45) is 10.2 Å². The van der Waals surface area contributed by atoms with Crippen LogP contribution in [0.15, 0.2) is 58.8 Å². The van der Waals surface area contributed by atoms with Crippen molar-refractivity contribution in [3.8, 4) is 0 Å². The first-order chi connectivity index (χ1) is 12.5. The Morgan fingerprint density at radius 1 is 0.923 bits per heavy atom. The summed E-state index contributed by atoms with van der Waals surface area (Å²) in [5.74, 6) is -0.146. The average Bonchev–Trinajstić information content (AvgIpc) is 2.61. The minimum absolute atomic E-state index is 0.146. The predicted octanol–water partition coefficient (Wildman–Crippen LogP) is 5.87. The highest BCUT2D eigenvalue weighted by molar-refractivity contribution is 5.93. The lowest BCUT2D eigenvalue weighted by atomic mass is 10.0. The summed E-state index contributed by atoms with van der Waals surface area (Å²) in [4.78, 5) is 11.5. The number of carbonyl (C=O) groups is 1. The normalized spacial score (nSPS) is 11.1. The standard InChI is InChI=1S/C21H22N4O/c1-13-6-5-7-18-14(2)10-17(11-19(13)18)24-25-20-9-8-16(22-4)12-21(20)23-15(3)26/h5-12,22H,1-4H3,(H,23,26). The number of aryl methyl sites for hydroxylation is 2. The molecule has 0 fully saturated rings. The Balaban J connectivity index is 2.01. The summed E-state index contributed by atoms with van der Waals surface area (Å²) in [6.45, 7) is 5.64. The van der Waals surface area contributed by atoms with Crippen molar-refractivity contribution in [1.82, 2.24) is 0 Å². The molecule has 3 rings (SSSR count). The summed E-state index contributed by atoms with van der Waals surface area (Å²) in [6, 6.07) is 15.9. The number of hydrogen-bond donors (Lipinski definition) is 2. The van der Waals surface area contributed by atoms with E-state index in [0.29, 0.717) is 11.4 Å². The predicted molar refractivity (Wildman–Crippen MR) is 108 cm³/mol. The minimum Gasteiger partial charge on any atom is -0.388 e. The third-order valence-electron chi connectivity index (χ3n) is 4.27. The first-order valence-electron chi connectivity index (χ1n) is 8.49. The number of azo groups is 1. The molecule has 0 unspecified atom stereocenters. The molecule has 0 aromatic heterocycles. The van der Waals surface area contributed by atoms with Crippen molar-refractivity contribution in [2.75, 3.05) is 17.7 Å². The Morgan fingerprint density at radius 3 is 2.46 bits per heavy atom. The van der Waals surface area contributed by atoms with Gasteiger partial charge < -0.3 is 10.6 Å². The molecular formula is C21H22N4O. The van der Waals surface area contributed by atoms with E-state index in [-0.39, 0.29) is 5.91 Å². The SMILES string of the molecule is CNc1ccc(N=Nc2cc(C)c3cccc(C)c3c2)c(NC(C)=O)c1. The maximum Gasteiger partial charge on any atom is 0.221 e. The van der Waals surface area contributed by atoms with Crippen molar-refractivity contribution in [2.45, 2.75) is 20.8 Å². The maximum absolute atomic E-state index is 11.5. The zero-order valence-electron chi connectivity index (χ0n) is 15.4. The summed E-state index contributed by atoms with van der Waals surface area (Å²) < 4.78 is 0. The minimum atomic E-state index is -0.146. The molecule has 5 nitrogen and oxygen atoms in total. The number of nitrogens with zero attached hydrogens (tertiary/aromatic N) is 2. The fraction of sp³-hybridized carbons (Fsp3) is 0.190. The second-order valence-electron chi connectivity index (χ2n) is 6.30. The Hall–Kier alpha value is -3.21. The lowest BCUT2D eigenvalue weighted by molar-refractivity contribution is -0.114. The van der Waals surface area contributed by atoms with E-state index in [0.717, 1.165) is 16.9 Å². The molecule has 0 bridgehead atoms. The van der Waals surface area contributed by atoms with Crippen molar-refractivity contribution in [1.29, 1.82) is 0 Å². The average molecular weight is 346 g/mol. The monoisotopic (exact) mass is 346 g/mol. The number of amides is 1. The fourth-order valence-electron chi connectivity index (χ4n) is 2.94. The molecule has 3 aromatic rings. The summed E-state index contributed by atoms with van der Waals surface area (Å²) >= 11 is 0. The van der Waals surface area contributed by atoms with Crippen molar-refractivity contribution in [3.63, 3.8) is 0 Å². The van der Waals surface area contributed by atoms with Gasteiger partial charge in [0.15, 0.2) is 0 Å². The van der Waals surface area contributed by atoms with Gasteiger partial charge in [-0.05, 0) is 66.1 Å². The van der Waals surface area contributed by atoms with Crippen LogP contribution in [-0.2, 0) is 4.79 Å². The Labute approximate surface area is 153 Å². The van der Waals surface area contributed by atoms with Gasteiger partial charge in [-0.15, -0.1) is 5.11 Å². The van der Waals surface area contributed by atoms with Crippen LogP contribution in [0.1, 0.15) is 18.1 Å². The highest BCUT2D eigenvalue weighted by atomic mass is 16.1. The molecule has 0 heterocycles. The van der Waals surface area contributed by atoms with Gasteiger partial charge in [0.05, 0.1) is 11.4 Å².